The topological polar surface area (TPSA) is 44.1 Å². The summed E-state index contributed by atoms with van der Waals surface area (Å²) in [6, 6.07) is 33.9. The molecule has 0 saturated carbocycles. The number of para-hydroxylation sites is 2. The van der Waals surface area contributed by atoms with E-state index < -0.39 is 5.97 Å². The average molecular weight is 473 g/mol. The van der Waals surface area contributed by atoms with Crippen LogP contribution >= 0.6 is 0 Å². The first-order valence-electron chi connectivity index (χ1n) is 12.1. The van der Waals surface area contributed by atoms with E-state index in [9.17, 15) is 4.79 Å². The van der Waals surface area contributed by atoms with Gasteiger partial charge in [0.05, 0.1) is 16.6 Å². The van der Waals surface area contributed by atoms with Gasteiger partial charge in [-0.15, -0.1) is 0 Å². The molecule has 0 aliphatic rings. The highest BCUT2D eigenvalue weighted by Gasteiger charge is 2.16. The van der Waals surface area contributed by atoms with Crippen LogP contribution in [0.3, 0.4) is 0 Å². The summed E-state index contributed by atoms with van der Waals surface area (Å²) in [6.45, 7) is 4.78. The summed E-state index contributed by atoms with van der Waals surface area (Å²) in [4.78, 5) is 18.0. The molecule has 0 unspecified atom stereocenters. The second-order valence-electron chi connectivity index (χ2n) is 8.98. The van der Waals surface area contributed by atoms with Gasteiger partial charge in [0.2, 0.25) is 0 Å². The molecule has 0 aliphatic heterocycles. The minimum Gasteiger partial charge on any atom is -0.422 e. The van der Waals surface area contributed by atoms with E-state index in [0.29, 0.717) is 11.3 Å². The van der Waals surface area contributed by atoms with Gasteiger partial charge >= 0.3 is 5.97 Å². The zero-order chi connectivity index (χ0) is 24.9. The van der Waals surface area contributed by atoms with Gasteiger partial charge in [-0.1, -0.05) is 90.0 Å². The van der Waals surface area contributed by atoms with Crippen LogP contribution in [0.5, 0.6) is 0 Å². The van der Waals surface area contributed by atoms with Crippen LogP contribution < -0.4 is 0 Å². The maximum atomic E-state index is 13.1. The number of benzene rings is 4. The molecule has 178 valence electrons. The first kappa shape index (κ1) is 23.3. The summed E-state index contributed by atoms with van der Waals surface area (Å²) in [5, 5.41) is 0. The molecule has 1 aromatic heterocycles. The zero-order valence-corrected chi connectivity index (χ0v) is 20.5. The highest BCUT2D eigenvalue weighted by molar-refractivity contribution is 5.95. The van der Waals surface area contributed by atoms with Crippen molar-refractivity contribution in [1.29, 1.82) is 0 Å². The lowest BCUT2D eigenvalue weighted by atomic mass is 10.1. The number of aryl methyl sites for hydroxylation is 4. The number of esters is 1. The smallest absolute Gasteiger partial charge is 0.343 e. The van der Waals surface area contributed by atoms with E-state index in [2.05, 4.69) is 34.9 Å². The number of nitrogens with zero attached hydrogens (tertiary/aromatic N) is 2. The fraction of sp³-hybridized carbons (Fsp3) is 0.125. The number of fused-ring (bicyclic) bond motifs is 1. The van der Waals surface area contributed by atoms with E-state index in [0.717, 1.165) is 46.5 Å². The number of hydrogen-bond acceptors (Lipinski definition) is 3. The Hall–Kier alpha value is -4.44. The molecular weight excluding hydrogens is 444 g/mol. The average Bonchev–Trinajstić information content (AvgIpc) is 3.25. The second kappa shape index (κ2) is 10.4. The van der Waals surface area contributed by atoms with Crippen LogP contribution in [0.2, 0.25) is 0 Å². The number of ether oxygens (including phenoxy) is 1. The molecule has 0 saturated heterocycles. The molecule has 1 heterocycles. The standard InChI is InChI=1S/C32H28N2O2/c1-23-12-16-26(17-13-23)30(36-32(35)27-18-14-24(2)15-19-27)22-31-33-28-10-6-7-11-29(28)34(31)21-20-25-8-4-3-5-9-25/h3-19,22H,20-21H2,1-2H3/b30-22-. The summed E-state index contributed by atoms with van der Waals surface area (Å²) in [7, 11) is 0. The fourth-order valence-corrected chi connectivity index (χ4v) is 4.18. The first-order chi connectivity index (χ1) is 17.6. The normalized spacial score (nSPS) is 11.6. The van der Waals surface area contributed by atoms with Gasteiger partial charge in [0.15, 0.2) is 0 Å². The van der Waals surface area contributed by atoms with Crippen LogP contribution in [-0.4, -0.2) is 15.5 Å². The molecule has 36 heavy (non-hydrogen) atoms. The molecule has 5 aromatic rings. The molecule has 0 amide bonds. The van der Waals surface area contributed by atoms with Crippen molar-refractivity contribution < 1.29 is 9.53 Å². The third kappa shape index (κ3) is 5.28. The van der Waals surface area contributed by atoms with Crippen LogP contribution in [0.4, 0.5) is 0 Å². The largest absolute Gasteiger partial charge is 0.422 e. The van der Waals surface area contributed by atoms with E-state index in [1.54, 1.807) is 12.1 Å². The number of imidazole rings is 1. The van der Waals surface area contributed by atoms with Gasteiger partial charge < -0.3 is 9.30 Å². The van der Waals surface area contributed by atoms with E-state index in [1.165, 1.54) is 5.56 Å². The lowest BCUT2D eigenvalue weighted by Gasteiger charge is -2.12. The Morgan fingerprint density at radius 1 is 0.778 bits per heavy atom. The highest BCUT2D eigenvalue weighted by atomic mass is 16.5. The molecule has 4 heteroatoms. The molecule has 0 bridgehead atoms. The van der Waals surface area contributed by atoms with E-state index in [-0.39, 0.29) is 0 Å². The van der Waals surface area contributed by atoms with Crippen LogP contribution in [-0.2, 0) is 17.7 Å². The Bertz CT molecular complexity index is 1510. The summed E-state index contributed by atoms with van der Waals surface area (Å²) >= 11 is 0. The molecule has 4 nitrogen and oxygen atoms in total. The minimum atomic E-state index is -0.395. The van der Waals surface area contributed by atoms with E-state index in [4.69, 9.17) is 9.72 Å². The maximum absolute atomic E-state index is 13.1. The molecule has 0 aliphatic carbocycles. The van der Waals surface area contributed by atoms with Crippen LogP contribution in [0.1, 0.15) is 38.4 Å². The molecule has 0 radical (unpaired) electrons. The fourth-order valence-electron chi connectivity index (χ4n) is 4.18. The van der Waals surface area contributed by atoms with Crippen LogP contribution in [0.15, 0.2) is 103 Å². The number of carbonyl (C=O) groups is 1. The van der Waals surface area contributed by atoms with Crippen molar-refractivity contribution in [3.8, 4) is 0 Å². The van der Waals surface area contributed by atoms with Crippen LogP contribution in [0, 0.1) is 13.8 Å². The number of hydrogen-bond donors (Lipinski definition) is 0. The summed E-state index contributed by atoms with van der Waals surface area (Å²) in [6.07, 6.45) is 2.74. The predicted octanol–water partition coefficient (Wildman–Crippen LogP) is 7.25. The Morgan fingerprint density at radius 2 is 1.39 bits per heavy atom. The molecule has 5 rings (SSSR count). The minimum absolute atomic E-state index is 0.395. The maximum Gasteiger partial charge on any atom is 0.343 e. The Morgan fingerprint density at radius 3 is 2.08 bits per heavy atom. The van der Waals surface area contributed by atoms with Gasteiger partial charge in [0.1, 0.15) is 11.6 Å². The monoisotopic (exact) mass is 472 g/mol. The Balaban J connectivity index is 1.55. The van der Waals surface area contributed by atoms with Crippen molar-refractivity contribution in [3.05, 3.63) is 137 Å². The quantitative estimate of drug-likeness (QED) is 0.185. The third-order valence-electron chi connectivity index (χ3n) is 6.24. The van der Waals surface area contributed by atoms with E-state index in [1.807, 2.05) is 80.6 Å². The first-order valence-corrected chi connectivity index (χ1v) is 12.1. The number of rotatable bonds is 7. The molecule has 4 aromatic carbocycles. The van der Waals surface area contributed by atoms with Crippen LogP contribution in [0.25, 0.3) is 22.9 Å². The molecule has 0 atom stereocenters. The van der Waals surface area contributed by atoms with Crippen molar-refractivity contribution in [3.63, 3.8) is 0 Å². The highest BCUT2D eigenvalue weighted by Crippen LogP contribution is 2.25. The SMILES string of the molecule is Cc1ccc(C(=O)O/C(=C\c2nc3ccccc3n2CCc2ccccc2)c2ccc(C)cc2)cc1. The van der Waals surface area contributed by atoms with Crippen molar-refractivity contribution >= 4 is 28.8 Å². The lowest BCUT2D eigenvalue weighted by molar-refractivity contribution is 0.0693. The lowest BCUT2D eigenvalue weighted by Crippen LogP contribution is -2.07. The molecular formula is C32H28N2O2. The third-order valence-corrected chi connectivity index (χ3v) is 6.24. The predicted molar refractivity (Wildman–Crippen MR) is 146 cm³/mol. The van der Waals surface area contributed by atoms with Gasteiger partial charge in [0.25, 0.3) is 0 Å². The summed E-state index contributed by atoms with van der Waals surface area (Å²) < 4.78 is 8.18. The molecule has 0 spiro atoms. The summed E-state index contributed by atoms with van der Waals surface area (Å²) in [5.74, 6) is 0.824. The van der Waals surface area contributed by atoms with E-state index >= 15 is 0 Å². The Kier molecular flexibility index (Phi) is 6.76. The number of aromatic nitrogens is 2. The van der Waals surface area contributed by atoms with Gasteiger partial charge in [-0.05, 0) is 50.1 Å². The second-order valence-corrected chi connectivity index (χ2v) is 8.98. The van der Waals surface area contributed by atoms with Gasteiger partial charge in [0, 0.05) is 18.2 Å². The number of carbonyl (C=O) groups excluding carboxylic acids is 1. The van der Waals surface area contributed by atoms with Crippen molar-refractivity contribution in [1.82, 2.24) is 9.55 Å². The van der Waals surface area contributed by atoms with Crippen molar-refractivity contribution in [2.45, 2.75) is 26.8 Å². The van der Waals surface area contributed by atoms with Gasteiger partial charge in [-0.3, -0.25) is 0 Å². The molecule has 0 N–H and O–H groups in total. The Labute approximate surface area is 211 Å². The van der Waals surface area contributed by atoms with Gasteiger partial charge in [-0.25, -0.2) is 9.78 Å². The zero-order valence-electron chi connectivity index (χ0n) is 20.5. The molecule has 0 fully saturated rings. The van der Waals surface area contributed by atoms with Gasteiger partial charge in [-0.2, -0.15) is 0 Å². The van der Waals surface area contributed by atoms with Crippen molar-refractivity contribution in [2.24, 2.45) is 0 Å². The summed E-state index contributed by atoms with van der Waals surface area (Å²) in [5.41, 5.74) is 6.78. The van der Waals surface area contributed by atoms with Crippen molar-refractivity contribution in [2.75, 3.05) is 0 Å².